The van der Waals surface area contributed by atoms with Crippen molar-refractivity contribution in [2.24, 2.45) is 11.8 Å². The van der Waals surface area contributed by atoms with E-state index in [1.54, 1.807) is 7.11 Å². The van der Waals surface area contributed by atoms with E-state index in [1.165, 1.54) is 6.92 Å². The fourth-order valence-electron chi connectivity index (χ4n) is 3.00. The normalized spacial score (nSPS) is 44.1. The molecule has 0 amide bonds. The first-order chi connectivity index (χ1) is 7.11. The highest BCUT2D eigenvalue weighted by atomic mass is 16.6. The third-order valence-electron chi connectivity index (χ3n) is 3.66. The molecule has 4 heteroatoms. The smallest absolute Gasteiger partial charge is 0.303 e. The number of hydrogen-bond donors (Lipinski definition) is 1. The molecule has 5 unspecified atom stereocenters. The maximum Gasteiger partial charge on any atom is 0.303 e. The largest absolute Gasteiger partial charge is 0.459 e. The van der Waals surface area contributed by atoms with Gasteiger partial charge in [0.1, 0.15) is 6.10 Å². The van der Waals surface area contributed by atoms with E-state index in [1.807, 2.05) is 0 Å². The van der Waals surface area contributed by atoms with E-state index in [4.69, 9.17) is 9.47 Å². The summed E-state index contributed by atoms with van der Waals surface area (Å²) in [7, 11) is 1.70. The predicted molar refractivity (Wildman–Crippen MR) is 53.2 cm³/mol. The molecule has 0 radical (unpaired) electrons. The Labute approximate surface area is 89.6 Å². The second-order valence-electron chi connectivity index (χ2n) is 4.65. The van der Waals surface area contributed by atoms with Gasteiger partial charge in [0.15, 0.2) is 0 Å². The summed E-state index contributed by atoms with van der Waals surface area (Å²) >= 11 is 0. The van der Waals surface area contributed by atoms with Gasteiger partial charge in [0.25, 0.3) is 0 Å². The molecule has 5 atom stereocenters. The van der Waals surface area contributed by atoms with Gasteiger partial charge in [-0.15, -0.1) is 0 Å². The van der Waals surface area contributed by atoms with E-state index in [0.717, 1.165) is 19.3 Å². The molecule has 86 valence electrons. The predicted octanol–water partition coefficient (Wildman–Crippen LogP) is 0.724. The Kier molecular flexibility index (Phi) is 2.98. The summed E-state index contributed by atoms with van der Waals surface area (Å²) in [5.74, 6) is 0.200. The first-order valence-electron chi connectivity index (χ1n) is 5.50. The van der Waals surface area contributed by atoms with Crippen LogP contribution in [0.1, 0.15) is 26.2 Å². The first-order valence-corrected chi connectivity index (χ1v) is 5.50. The molecule has 0 aliphatic heterocycles. The third kappa shape index (κ3) is 2.01. The van der Waals surface area contributed by atoms with Crippen LogP contribution < -0.4 is 0 Å². The summed E-state index contributed by atoms with van der Waals surface area (Å²) in [6.07, 6.45) is 2.13. The Morgan fingerprint density at radius 3 is 2.53 bits per heavy atom. The maximum absolute atomic E-state index is 10.9. The molecule has 0 heterocycles. The molecule has 4 nitrogen and oxygen atoms in total. The molecule has 2 aliphatic carbocycles. The Morgan fingerprint density at radius 1 is 1.27 bits per heavy atom. The fourth-order valence-corrected chi connectivity index (χ4v) is 3.00. The average molecular weight is 214 g/mol. The summed E-state index contributed by atoms with van der Waals surface area (Å²) in [4.78, 5) is 10.9. The number of esters is 1. The third-order valence-corrected chi connectivity index (χ3v) is 3.66. The number of ether oxygens (including phenoxy) is 2. The monoisotopic (exact) mass is 214 g/mol. The van der Waals surface area contributed by atoms with Crippen LogP contribution >= 0.6 is 0 Å². The number of rotatable bonds is 2. The molecule has 2 bridgehead atoms. The van der Waals surface area contributed by atoms with Gasteiger partial charge in [-0.2, -0.15) is 0 Å². The summed E-state index contributed by atoms with van der Waals surface area (Å²) in [5.41, 5.74) is 0. The number of hydrogen-bond acceptors (Lipinski definition) is 4. The van der Waals surface area contributed by atoms with Crippen LogP contribution in [0.2, 0.25) is 0 Å². The lowest BCUT2D eigenvalue weighted by molar-refractivity contribution is -0.153. The zero-order valence-corrected chi connectivity index (χ0v) is 9.18. The Bertz CT molecular complexity index is 253. The van der Waals surface area contributed by atoms with E-state index in [-0.39, 0.29) is 30.0 Å². The van der Waals surface area contributed by atoms with Crippen LogP contribution in [0.25, 0.3) is 0 Å². The molecular weight excluding hydrogens is 196 g/mol. The van der Waals surface area contributed by atoms with E-state index in [2.05, 4.69) is 0 Å². The van der Waals surface area contributed by atoms with Gasteiger partial charge in [-0.3, -0.25) is 4.79 Å². The second-order valence-corrected chi connectivity index (χ2v) is 4.65. The molecule has 0 aromatic carbocycles. The van der Waals surface area contributed by atoms with Gasteiger partial charge in [0.2, 0.25) is 0 Å². The van der Waals surface area contributed by atoms with Gasteiger partial charge in [-0.25, -0.2) is 0 Å². The van der Waals surface area contributed by atoms with Gasteiger partial charge in [-0.05, 0) is 25.2 Å². The van der Waals surface area contributed by atoms with Crippen LogP contribution in [0.3, 0.4) is 0 Å². The molecular formula is C11H18O4. The number of aliphatic hydroxyl groups excluding tert-OH is 1. The molecule has 0 aromatic heterocycles. The van der Waals surface area contributed by atoms with E-state index in [0.29, 0.717) is 0 Å². The van der Waals surface area contributed by atoms with Crippen molar-refractivity contribution >= 4 is 5.97 Å². The Morgan fingerprint density at radius 2 is 1.93 bits per heavy atom. The van der Waals surface area contributed by atoms with Crippen molar-refractivity contribution < 1.29 is 19.4 Å². The number of fused-ring (bicyclic) bond motifs is 2. The van der Waals surface area contributed by atoms with Gasteiger partial charge in [-0.1, -0.05) is 0 Å². The fraction of sp³-hybridized carbons (Fsp3) is 0.909. The van der Waals surface area contributed by atoms with E-state index >= 15 is 0 Å². The summed E-state index contributed by atoms with van der Waals surface area (Å²) in [5, 5.41) is 9.99. The lowest BCUT2D eigenvalue weighted by Crippen LogP contribution is -2.31. The van der Waals surface area contributed by atoms with Crippen LogP contribution in [-0.2, 0) is 14.3 Å². The summed E-state index contributed by atoms with van der Waals surface area (Å²) in [6.45, 7) is 1.39. The highest BCUT2D eigenvalue weighted by Gasteiger charge is 2.49. The van der Waals surface area contributed by atoms with Crippen LogP contribution in [0, 0.1) is 11.8 Å². The lowest BCUT2D eigenvalue weighted by Gasteiger charge is -2.26. The molecule has 2 aliphatic rings. The number of carbonyl (C=O) groups is 1. The van der Waals surface area contributed by atoms with Crippen LogP contribution in [0.5, 0.6) is 0 Å². The van der Waals surface area contributed by atoms with E-state index in [9.17, 15) is 9.90 Å². The number of aliphatic hydroxyl groups is 1. The first kappa shape index (κ1) is 10.9. The van der Waals surface area contributed by atoms with Crippen molar-refractivity contribution in [3.63, 3.8) is 0 Å². The maximum atomic E-state index is 10.9. The quantitative estimate of drug-likeness (QED) is 0.688. The highest BCUT2D eigenvalue weighted by Crippen LogP contribution is 2.44. The number of methoxy groups -OCH3 is 1. The van der Waals surface area contributed by atoms with Gasteiger partial charge < -0.3 is 14.6 Å². The second kappa shape index (κ2) is 4.10. The standard InChI is InChI=1S/C11H18O4/c1-6(12)15-11-8-3-7(10(11)13)4-9(5-8)14-2/h7-11,13H,3-5H2,1-2H3. The van der Waals surface area contributed by atoms with Crippen molar-refractivity contribution in [2.45, 2.75) is 44.5 Å². The van der Waals surface area contributed by atoms with Crippen molar-refractivity contribution in [1.82, 2.24) is 0 Å². The highest BCUT2D eigenvalue weighted by molar-refractivity contribution is 5.66. The topological polar surface area (TPSA) is 55.8 Å². The minimum Gasteiger partial charge on any atom is -0.459 e. The molecule has 2 saturated carbocycles. The summed E-state index contributed by atoms with van der Waals surface area (Å²) < 4.78 is 10.5. The van der Waals surface area contributed by atoms with Gasteiger partial charge in [0.05, 0.1) is 12.2 Å². The van der Waals surface area contributed by atoms with Gasteiger partial charge in [0, 0.05) is 20.0 Å². The van der Waals surface area contributed by atoms with Crippen molar-refractivity contribution in [3.8, 4) is 0 Å². The van der Waals surface area contributed by atoms with Crippen LogP contribution in [0.15, 0.2) is 0 Å². The lowest BCUT2D eigenvalue weighted by atomic mass is 9.86. The summed E-state index contributed by atoms with van der Waals surface area (Å²) in [6, 6.07) is 0. The Balaban J connectivity index is 2.05. The molecule has 0 spiro atoms. The molecule has 2 rings (SSSR count). The molecule has 0 aromatic rings. The van der Waals surface area contributed by atoms with Crippen molar-refractivity contribution in [2.75, 3.05) is 7.11 Å². The average Bonchev–Trinajstić information content (AvgIpc) is 2.42. The Hall–Kier alpha value is -0.610. The van der Waals surface area contributed by atoms with Crippen LogP contribution in [-0.4, -0.2) is 36.5 Å². The van der Waals surface area contributed by atoms with E-state index < -0.39 is 6.10 Å². The van der Waals surface area contributed by atoms with Gasteiger partial charge >= 0.3 is 5.97 Å². The molecule has 15 heavy (non-hydrogen) atoms. The van der Waals surface area contributed by atoms with Crippen molar-refractivity contribution in [1.29, 1.82) is 0 Å². The SMILES string of the molecule is COC1CC2CC(C1)C(OC(C)=O)C2O. The zero-order chi connectivity index (χ0) is 11.0. The molecule has 1 N–H and O–H groups in total. The minimum atomic E-state index is -0.501. The van der Waals surface area contributed by atoms with Crippen LogP contribution in [0.4, 0.5) is 0 Å². The molecule has 2 fully saturated rings. The number of carbonyl (C=O) groups excluding carboxylic acids is 1. The minimum absolute atomic E-state index is 0.212. The zero-order valence-electron chi connectivity index (χ0n) is 9.18. The van der Waals surface area contributed by atoms with Crippen molar-refractivity contribution in [3.05, 3.63) is 0 Å². The molecule has 0 saturated heterocycles.